The molecular formula is C21H25NO5. The summed E-state index contributed by atoms with van der Waals surface area (Å²) < 4.78 is 28.1. The first-order valence-electron chi connectivity index (χ1n) is 9.14. The molecule has 2 aromatic carbocycles. The topological polar surface area (TPSA) is 58.5 Å². The van der Waals surface area contributed by atoms with E-state index in [4.69, 9.17) is 23.7 Å². The molecule has 0 aliphatic carbocycles. The van der Waals surface area contributed by atoms with Gasteiger partial charge in [-0.05, 0) is 35.9 Å². The predicted octanol–water partition coefficient (Wildman–Crippen LogP) is 3.26. The highest BCUT2D eigenvalue weighted by molar-refractivity contribution is 5.83. The van der Waals surface area contributed by atoms with E-state index in [1.807, 2.05) is 54.7 Å². The van der Waals surface area contributed by atoms with Crippen LogP contribution in [0.25, 0.3) is 0 Å². The maximum Gasteiger partial charge on any atom is 0.161 e. The van der Waals surface area contributed by atoms with Crippen LogP contribution in [0.4, 0.5) is 5.69 Å². The van der Waals surface area contributed by atoms with Crippen LogP contribution in [-0.4, -0.2) is 59.1 Å². The molecular weight excluding hydrogens is 346 g/mol. The lowest BCUT2D eigenvalue weighted by molar-refractivity contribution is 0.00708. The van der Waals surface area contributed by atoms with Gasteiger partial charge in [0.05, 0.1) is 45.3 Å². The number of benzene rings is 2. The molecule has 0 saturated heterocycles. The molecule has 0 radical (unpaired) electrons. The lowest BCUT2D eigenvalue weighted by Gasteiger charge is -2.13. The van der Waals surface area contributed by atoms with Gasteiger partial charge in [0.2, 0.25) is 0 Å². The standard InChI is InChI=1S/C21H25NO5/c1-2-4-19(5-3-1)22-17-18-6-7-20-21(16-18)27-15-13-25-11-9-23-8-10-24-12-14-26-20/h1-7,16-17H,8-15H2. The van der Waals surface area contributed by atoms with Gasteiger partial charge in [0.1, 0.15) is 13.2 Å². The Labute approximate surface area is 159 Å². The summed E-state index contributed by atoms with van der Waals surface area (Å²) in [4.78, 5) is 4.48. The molecule has 0 bridgehead atoms. The molecule has 2 aromatic rings. The predicted molar refractivity (Wildman–Crippen MR) is 104 cm³/mol. The molecule has 27 heavy (non-hydrogen) atoms. The number of para-hydroxylation sites is 1. The number of aliphatic imine (C=N–C) groups is 1. The Bertz CT molecular complexity index is 705. The average molecular weight is 371 g/mol. The lowest BCUT2D eigenvalue weighted by Crippen LogP contribution is -2.13. The van der Waals surface area contributed by atoms with E-state index in [9.17, 15) is 0 Å². The molecule has 1 heterocycles. The third-order valence-electron chi connectivity index (χ3n) is 3.80. The van der Waals surface area contributed by atoms with Gasteiger partial charge in [-0.25, -0.2) is 0 Å². The Kier molecular flexibility index (Phi) is 8.12. The minimum absolute atomic E-state index is 0.437. The van der Waals surface area contributed by atoms with Crippen LogP contribution in [0.5, 0.6) is 11.5 Å². The van der Waals surface area contributed by atoms with Crippen LogP contribution in [-0.2, 0) is 14.2 Å². The van der Waals surface area contributed by atoms with E-state index in [1.165, 1.54) is 0 Å². The molecule has 144 valence electrons. The molecule has 0 fully saturated rings. The zero-order chi connectivity index (χ0) is 18.6. The van der Waals surface area contributed by atoms with Crippen molar-refractivity contribution in [2.24, 2.45) is 4.99 Å². The molecule has 0 atom stereocenters. The smallest absolute Gasteiger partial charge is 0.161 e. The van der Waals surface area contributed by atoms with E-state index in [1.54, 1.807) is 0 Å². The van der Waals surface area contributed by atoms with Crippen molar-refractivity contribution < 1.29 is 23.7 Å². The van der Waals surface area contributed by atoms with Crippen molar-refractivity contribution in [3.63, 3.8) is 0 Å². The molecule has 0 amide bonds. The van der Waals surface area contributed by atoms with Gasteiger partial charge < -0.3 is 23.7 Å². The van der Waals surface area contributed by atoms with Crippen LogP contribution in [0.2, 0.25) is 0 Å². The Hall–Kier alpha value is -2.41. The summed E-state index contributed by atoms with van der Waals surface area (Å²) in [5.74, 6) is 1.35. The zero-order valence-electron chi connectivity index (χ0n) is 15.3. The van der Waals surface area contributed by atoms with Crippen LogP contribution in [0.1, 0.15) is 5.56 Å². The molecule has 0 aromatic heterocycles. The first kappa shape index (κ1) is 19.4. The first-order valence-corrected chi connectivity index (χ1v) is 9.14. The molecule has 0 unspecified atom stereocenters. The number of rotatable bonds is 2. The van der Waals surface area contributed by atoms with Crippen molar-refractivity contribution >= 4 is 11.9 Å². The van der Waals surface area contributed by atoms with Crippen LogP contribution in [0.3, 0.4) is 0 Å². The van der Waals surface area contributed by atoms with Crippen LogP contribution in [0, 0.1) is 0 Å². The highest BCUT2D eigenvalue weighted by Gasteiger charge is 2.07. The molecule has 6 nitrogen and oxygen atoms in total. The monoisotopic (exact) mass is 371 g/mol. The number of ether oxygens (including phenoxy) is 5. The molecule has 0 N–H and O–H groups in total. The van der Waals surface area contributed by atoms with Gasteiger partial charge >= 0.3 is 0 Å². The summed E-state index contributed by atoms with van der Waals surface area (Å²) in [7, 11) is 0. The summed E-state index contributed by atoms with van der Waals surface area (Å²) in [6.45, 7) is 4.06. The van der Waals surface area contributed by atoms with E-state index in [2.05, 4.69) is 4.99 Å². The van der Waals surface area contributed by atoms with E-state index < -0.39 is 0 Å². The molecule has 6 heteroatoms. The molecule has 1 aliphatic heterocycles. The second-order valence-electron chi connectivity index (χ2n) is 5.83. The fourth-order valence-corrected chi connectivity index (χ4v) is 2.46. The van der Waals surface area contributed by atoms with Crippen molar-refractivity contribution in [3.8, 4) is 11.5 Å². The van der Waals surface area contributed by atoms with Crippen molar-refractivity contribution in [1.29, 1.82) is 0 Å². The SMILES string of the molecule is C(=Nc1ccccc1)c1ccc2c(c1)OCCOCCOCCOCCO2. The van der Waals surface area contributed by atoms with E-state index in [-0.39, 0.29) is 0 Å². The third kappa shape index (κ3) is 7.02. The largest absolute Gasteiger partial charge is 0.487 e. The number of nitrogens with zero attached hydrogens (tertiary/aromatic N) is 1. The summed E-state index contributed by atoms with van der Waals surface area (Å²) in [5.41, 5.74) is 1.84. The Morgan fingerprint density at radius 1 is 0.630 bits per heavy atom. The van der Waals surface area contributed by atoms with Crippen molar-refractivity contribution in [3.05, 3.63) is 54.1 Å². The van der Waals surface area contributed by atoms with E-state index in [0.29, 0.717) is 64.4 Å². The number of fused-ring (bicyclic) bond motifs is 1. The van der Waals surface area contributed by atoms with Gasteiger partial charge in [-0.3, -0.25) is 4.99 Å². The Balaban J connectivity index is 1.67. The second kappa shape index (κ2) is 11.3. The minimum Gasteiger partial charge on any atom is -0.487 e. The molecule has 3 rings (SSSR count). The zero-order valence-corrected chi connectivity index (χ0v) is 15.3. The average Bonchev–Trinajstić information content (AvgIpc) is 2.72. The number of hydrogen-bond donors (Lipinski definition) is 0. The number of hydrogen-bond acceptors (Lipinski definition) is 6. The summed E-state index contributed by atoms with van der Waals surface area (Å²) in [6.07, 6.45) is 1.81. The van der Waals surface area contributed by atoms with Gasteiger partial charge in [-0.1, -0.05) is 18.2 Å². The Morgan fingerprint density at radius 2 is 1.22 bits per heavy atom. The highest BCUT2D eigenvalue weighted by atomic mass is 16.6. The highest BCUT2D eigenvalue weighted by Crippen LogP contribution is 2.28. The lowest BCUT2D eigenvalue weighted by atomic mass is 10.2. The summed E-state index contributed by atoms with van der Waals surface area (Å²) >= 11 is 0. The van der Waals surface area contributed by atoms with Crippen LogP contribution in [0.15, 0.2) is 53.5 Å². The van der Waals surface area contributed by atoms with Gasteiger partial charge in [0, 0.05) is 6.21 Å². The van der Waals surface area contributed by atoms with E-state index in [0.717, 1.165) is 11.3 Å². The van der Waals surface area contributed by atoms with Crippen molar-refractivity contribution in [2.45, 2.75) is 0 Å². The van der Waals surface area contributed by atoms with Gasteiger partial charge in [-0.15, -0.1) is 0 Å². The first-order chi connectivity index (χ1) is 13.4. The second-order valence-corrected chi connectivity index (χ2v) is 5.83. The minimum atomic E-state index is 0.437. The fraction of sp³-hybridized carbons (Fsp3) is 0.381. The third-order valence-corrected chi connectivity index (χ3v) is 3.80. The quantitative estimate of drug-likeness (QED) is 0.759. The fourth-order valence-electron chi connectivity index (χ4n) is 2.46. The van der Waals surface area contributed by atoms with Crippen LogP contribution >= 0.6 is 0 Å². The molecule has 1 aliphatic rings. The Morgan fingerprint density at radius 3 is 1.89 bits per heavy atom. The maximum absolute atomic E-state index is 5.86. The van der Waals surface area contributed by atoms with Crippen molar-refractivity contribution in [2.75, 3.05) is 52.9 Å². The van der Waals surface area contributed by atoms with Gasteiger partial charge in [0.25, 0.3) is 0 Å². The normalized spacial score (nSPS) is 17.2. The summed E-state index contributed by atoms with van der Waals surface area (Å²) in [6, 6.07) is 15.6. The van der Waals surface area contributed by atoms with Gasteiger partial charge in [-0.2, -0.15) is 0 Å². The van der Waals surface area contributed by atoms with Crippen molar-refractivity contribution in [1.82, 2.24) is 0 Å². The molecule has 0 spiro atoms. The maximum atomic E-state index is 5.86. The van der Waals surface area contributed by atoms with Gasteiger partial charge in [0.15, 0.2) is 11.5 Å². The van der Waals surface area contributed by atoms with E-state index >= 15 is 0 Å². The summed E-state index contributed by atoms with van der Waals surface area (Å²) in [5, 5.41) is 0. The molecule has 0 saturated carbocycles. The van der Waals surface area contributed by atoms with Crippen LogP contribution < -0.4 is 9.47 Å².